The van der Waals surface area contributed by atoms with Gasteiger partial charge in [-0.25, -0.2) is 4.79 Å². The van der Waals surface area contributed by atoms with Crippen molar-refractivity contribution in [1.82, 2.24) is 16.0 Å². The van der Waals surface area contributed by atoms with E-state index < -0.39 is 72.0 Å². The summed E-state index contributed by atoms with van der Waals surface area (Å²) in [6.45, 7) is 1.79. The van der Waals surface area contributed by atoms with Gasteiger partial charge < -0.3 is 55.7 Å². The lowest BCUT2D eigenvalue weighted by Gasteiger charge is -2.46. The van der Waals surface area contributed by atoms with Crippen molar-refractivity contribution >= 4 is 48.1 Å². The molecule has 8 N–H and O–H groups in total. The third-order valence-electron chi connectivity index (χ3n) is 5.69. The van der Waals surface area contributed by atoms with Crippen LogP contribution in [-0.4, -0.2) is 142 Å². The summed E-state index contributed by atoms with van der Waals surface area (Å²) in [5.74, 6) is -2.49. The molecule has 0 aliphatic carbocycles. The van der Waals surface area contributed by atoms with Crippen LogP contribution in [0.3, 0.4) is 0 Å². The van der Waals surface area contributed by atoms with Gasteiger partial charge in [0.15, 0.2) is 0 Å². The highest BCUT2D eigenvalue weighted by molar-refractivity contribution is 8.01. The SMILES string of the molecule is CC(=O)NC1C(O)CC(SCC(=O)NCCOCCOCCNC(=O)CCCS)(C(=O)O)OC1C(O)C(O)CO. The molecule has 40 heavy (non-hydrogen) atoms. The molecule has 232 valence electrons. The quantitative estimate of drug-likeness (QED) is 0.0487. The first kappa shape index (κ1) is 36.3. The van der Waals surface area contributed by atoms with Crippen LogP contribution in [-0.2, 0) is 33.4 Å². The number of hydrogen-bond donors (Lipinski definition) is 9. The predicted octanol–water partition coefficient (Wildman–Crippen LogP) is -3.16. The topological polar surface area (TPSA) is 233 Å². The lowest BCUT2D eigenvalue weighted by Crippen LogP contribution is -2.66. The Kier molecular flexibility index (Phi) is 17.6. The molecule has 1 saturated heterocycles. The van der Waals surface area contributed by atoms with Gasteiger partial charge >= 0.3 is 5.97 Å². The predicted molar refractivity (Wildman–Crippen MR) is 146 cm³/mol. The molecule has 15 nitrogen and oxygen atoms in total. The smallest absolute Gasteiger partial charge is 0.346 e. The van der Waals surface area contributed by atoms with Gasteiger partial charge in [0.2, 0.25) is 22.7 Å². The number of amides is 3. The van der Waals surface area contributed by atoms with Crippen molar-refractivity contribution in [3.8, 4) is 0 Å². The zero-order valence-electron chi connectivity index (χ0n) is 22.3. The highest BCUT2D eigenvalue weighted by Gasteiger charge is 2.55. The highest BCUT2D eigenvalue weighted by Crippen LogP contribution is 2.40. The van der Waals surface area contributed by atoms with Crippen LogP contribution in [0.2, 0.25) is 0 Å². The number of carboxylic acid groups (broad SMARTS) is 1. The van der Waals surface area contributed by atoms with E-state index in [4.69, 9.17) is 14.2 Å². The summed E-state index contributed by atoms with van der Waals surface area (Å²) in [5.41, 5.74) is 0. The number of thiol groups is 1. The van der Waals surface area contributed by atoms with Gasteiger partial charge in [-0.1, -0.05) is 0 Å². The van der Waals surface area contributed by atoms with E-state index in [1.54, 1.807) is 0 Å². The minimum Gasteiger partial charge on any atom is -0.478 e. The summed E-state index contributed by atoms with van der Waals surface area (Å²) in [6, 6.07) is -1.28. The molecular formula is C23H41N3O12S2. The van der Waals surface area contributed by atoms with Crippen molar-refractivity contribution in [2.45, 2.75) is 61.6 Å². The van der Waals surface area contributed by atoms with Crippen molar-refractivity contribution < 1.29 is 58.9 Å². The van der Waals surface area contributed by atoms with E-state index in [0.717, 1.165) is 6.92 Å². The first-order chi connectivity index (χ1) is 19.0. The number of ether oxygens (including phenoxy) is 3. The number of hydrogen-bond acceptors (Lipinski definition) is 13. The van der Waals surface area contributed by atoms with Crippen molar-refractivity contribution in [2.24, 2.45) is 0 Å². The standard InChI is InChI=1S/C23H41N3O12S2/c1-14(28)26-19-15(29)11-23(22(34)35,38-21(19)20(33)16(30)12-27)40-13-18(32)25-5-7-37-9-8-36-6-4-24-17(31)3-2-10-39/h15-16,19-21,27,29-30,33,39H,2-13H2,1H3,(H,24,31)(H,25,32)(H,26,28)(H,34,35). The molecule has 0 saturated carbocycles. The number of rotatable bonds is 20. The molecule has 1 aliphatic rings. The van der Waals surface area contributed by atoms with Gasteiger partial charge in [-0.15, -0.1) is 11.8 Å². The molecule has 0 bridgehead atoms. The average Bonchev–Trinajstić information content (AvgIpc) is 2.91. The Hall–Kier alpha value is -1.70. The molecule has 6 atom stereocenters. The number of aliphatic carboxylic acids is 1. The fraction of sp³-hybridized carbons (Fsp3) is 0.826. The van der Waals surface area contributed by atoms with Gasteiger partial charge in [-0.3, -0.25) is 14.4 Å². The Bertz CT molecular complexity index is 811. The summed E-state index contributed by atoms with van der Waals surface area (Å²) in [4.78, 5) is 45.3. The van der Waals surface area contributed by atoms with Crippen LogP contribution in [0.15, 0.2) is 0 Å². The van der Waals surface area contributed by atoms with Gasteiger partial charge in [-0.2, -0.15) is 12.6 Å². The van der Waals surface area contributed by atoms with Crippen LogP contribution < -0.4 is 16.0 Å². The lowest BCUT2D eigenvalue weighted by atomic mass is 9.90. The molecule has 0 spiro atoms. The maximum Gasteiger partial charge on any atom is 0.346 e. The molecule has 1 fully saturated rings. The van der Waals surface area contributed by atoms with E-state index in [1.807, 2.05) is 0 Å². The lowest BCUT2D eigenvalue weighted by molar-refractivity contribution is -0.205. The molecular weight excluding hydrogens is 574 g/mol. The molecule has 0 aromatic carbocycles. The van der Waals surface area contributed by atoms with E-state index in [1.165, 1.54) is 0 Å². The molecule has 0 radical (unpaired) electrons. The largest absolute Gasteiger partial charge is 0.478 e. The third kappa shape index (κ3) is 12.9. The van der Waals surface area contributed by atoms with E-state index in [2.05, 4.69) is 28.6 Å². The highest BCUT2D eigenvalue weighted by atomic mass is 32.2. The van der Waals surface area contributed by atoms with E-state index in [0.29, 0.717) is 43.5 Å². The Morgan fingerprint density at radius 3 is 2.20 bits per heavy atom. The number of aliphatic hydroxyl groups is 4. The number of aliphatic hydroxyl groups excluding tert-OH is 4. The van der Waals surface area contributed by atoms with Crippen molar-refractivity contribution in [3.63, 3.8) is 0 Å². The Balaban J connectivity index is 2.46. The van der Waals surface area contributed by atoms with Gasteiger partial charge in [0, 0.05) is 32.9 Å². The number of thioether (sulfide) groups is 1. The molecule has 1 aliphatic heterocycles. The Morgan fingerprint density at radius 1 is 1.07 bits per heavy atom. The Morgan fingerprint density at radius 2 is 1.68 bits per heavy atom. The maximum absolute atomic E-state index is 12.3. The number of carbonyl (C=O) groups is 4. The maximum atomic E-state index is 12.3. The first-order valence-corrected chi connectivity index (χ1v) is 14.4. The monoisotopic (exact) mass is 615 g/mol. The van der Waals surface area contributed by atoms with Gasteiger partial charge in [-0.05, 0) is 12.2 Å². The van der Waals surface area contributed by atoms with E-state index in [9.17, 15) is 44.7 Å². The van der Waals surface area contributed by atoms with Crippen LogP contribution in [0.25, 0.3) is 0 Å². The fourth-order valence-electron chi connectivity index (χ4n) is 3.69. The van der Waals surface area contributed by atoms with Crippen molar-refractivity contribution in [2.75, 3.05) is 57.6 Å². The zero-order chi connectivity index (χ0) is 30.1. The molecule has 3 amide bonds. The minimum absolute atomic E-state index is 0.0598. The minimum atomic E-state index is -2.19. The van der Waals surface area contributed by atoms with Gasteiger partial charge in [0.1, 0.15) is 18.3 Å². The van der Waals surface area contributed by atoms with Crippen LogP contribution in [0.1, 0.15) is 26.2 Å². The van der Waals surface area contributed by atoms with Gasteiger partial charge in [0.25, 0.3) is 0 Å². The van der Waals surface area contributed by atoms with Crippen LogP contribution >= 0.6 is 24.4 Å². The summed E-state index contributed by atoms with van der Waals surface area (Å²) < 4.78 is 16.3. The van der Waals surface area contributed by atoms with Crippen LogP contribution in [0, 0.1) is 0 Å². The summed E-state index contributed by atoms with van der Waals surface area (Å²) in [7, 11) is 0. The second-order valence-electron chi connectivity index (χ2n) is 8.92. The first-order valence-electron chi connectivity index (χ1n) is 12.7. The summed E-state index contributed by atoms with van der Waals surface area (Å²) >= 11 is 4.60. The number of carboxylic acids is 1. The second kappa shape index (κ2) is 19.4. The summed E-state index contributed by atoms with van der Waals surface area (Å²) in [5, 5.41) is 57.6. The molecule has 0 aromatic heterocycles. The zero-order valence-corrected chi connectivity index (χ0v) is 24.0. The molecule has 1 heterocycles. The molecule has 17 heteroatoms. The van der Waals surface area contributed by atoms with E-state index >= 15 is 0 Å². The van der Waals surface area contributed by atoms with Crippen LogP contribution in [0.5, 0.6) is 0 Å². The molecule has 1 rings (SSSR count). The van der Waals surface area contributed by atoms with Crippen LogP contribution in [0.4, 0.5) is 0 Å². The average molecular weight is 616 g/mol. The second-order valence-corrected chi connectivity index (χ2v) is 10.6. The molecule has 6 unspecified atom stereocenters. The summed E-state index contributed by atoms with van der Waals surface area (Å²) in [6.07, 6.45) is -6.13. The third-order valence-corrected chi connectivity index (χ3v) is 7.32. The van der Waals surface area contributed by atoms with E-state index in [-0.39, 0.29) is 32.3 Å². The fourth-order valence-corrected chi connectivity index (χ4v) is 4.90. The molecule has 0 aromatic rings. The normalized spacial score (nSPS) is 24.1. The number of nitrogens with one attached hydrogen (secondary N) is 3. The Labute approximate surface area is 242 Å². The number of carbonyl (C=O) groups excluding carboxylic acids is 3. The van der Waals surface area contributed by atoms with Crippen molar-refractivity contribution in [1.29, 1.82) is 0 Å². The van der Waals surface area contributed by atoms with Crippen molar-refractivity contribution in [3.05, 3.63) is 0 Å². The van der Waals surface area contributed by atoms with Gasteiger partial charge in [0.05, 0.1) is 50.9 Å².